The SMILES string of the molecule is O=S(=O)(c1ccccn1)N1CCC[C@H](O)C1. The fraction of sp³-hybridized carbons (Fsp3) is 0.500. The Kier molecular flexibility index (Phi) is 3.22. The highest BCUT2D eigenvalue weighted by atomic mass is 32.2. The normalized spacial score (nSPS) is 23.2. The summed E-state index contributed by atoms with van der Waals surface area (Å²) in [4.78, 5) is 3.84. The molecule has 1 saturated heterocycles. The Labute approximate surface area is 94.8 Å². The topological polar surface area (TPSA) is 70.5 Å². The van der Waals surface area contributed by atoms with Gasteiger partial charge in [0, 0.05) is 19.3 Å². The zero-order chi connectivity index (χ0) is 11.6. The van der Waals surface area contributed by atoms with E-state index in [0.29, 0.717) is 19.4 Å². The van der Waals surface area contributed by atoms with Gasteiger partial charge < -0.3 is 5.11 Å². The maximum absolute atomic E-state index is 12.1. The molecule has 1 aromatic heterocycles. The lowest BCUT2D eigenvalue weighted by Crippen LogP contribution is -2.42. The van der Waals surface area contributed by atoms with Crippen molar-refractivity contribution in [2.75, 3.05) is 13.1 Å². The van der Waals surface area contributed by atoms with Gasteiger partial charge in [0.15, 0.2) is 5.03 Å². The molecule has 0 bridgehead atoms. The number of piperidine rings is 1. The molecule has 0 amide bonds. The largest absolute Gasteiger partial charge is 0.392 e. The van der Waals surface area contributed by atoms with Crippen molar-refractivity contribution in [1.82, 2.24) is 9.29 Å². The lowest BCUT2D eigenvalue weighted by Gasteiger charge is -2.28. The molecule has 1 atom stereocenters. The summed E-state index contributed by atoms with van der Waals surface area (Å²) in [5.41, 5.74) is 0. The number of nitrogens with zero attached hydrogens (tertiary/aromatic N) is 2. The minimum absolute atomic E-state index is 0.0455. The van der Waals surface area contributed by atoms with Gasteiger partial charge in [-0.25, -0.2) is 13.4 Å². The monoisotopic (exact) mass is 242 g/mol. The minimum atomic E-state index is -3.53. The first-order chi connectivity index (χ1) is 7.60. The zero-order valence-electron chi connectivity index (χ0n) is 8.78. The molecule has 1 aromatic rings. The smallest absolute Gasteiger partial charge is 0.260 e. The van der Waals surface area contributed by atoms with Gasteiger partial charge in [0.05, 0.1) is 6.10 Å². The van der Waals surface area contributed by atoms with Crippen LogP contribution in [0.15, 0.2) is 29.4 Å². The Morgan fingerprint density at radius 3 is 2.88 bits per heavy atom. The summed E-state index contributed by atoms with van der Waals surface area (Å²) in [7, 11) is -3.53. The van der Waals surface area contributed by atoms with E-state index in [1.165, 1.54) is 16.6 Å². The molecule has 5 nitrogen and oxygen atoms in total. The van der Waals surface area contributed by atoms with Crippen molar-refractivity contribution in [2.24, 2.45) is 0 Å². The Bertz CT molecular complexity index is 446. The second-order valence-electron chi connectivity index (χ2n) is 3.83. The van der Waals surface area contributed by atoms with Crippen molar-refractivity contribution < 1.29 is 13.5 Å². The second-order valence-corrected chi connectivity index (χ2v) is 5.71. The van der Waals surface area contributed by atoms with Crippen LogP contribution in [0.3, 0.4) is 0 Å². The van der Waals surface area contributed by atoms with Crippen molar-refractivity contribution in [3.05, 3.63) is 24.4 Å². The average Bonchev–Trinajstić information content (AvgIpc) is 2.30. The third-order valence-corrected chi connectivity index (χ3v) is 4.38. The van der Waals surface area contributed by atoms with Crippen molar-refractivity contribution in [3.8, 4) is 0 Å². The Balaban J connectivity index is 2.26. The molecule has 2 heterocycles. The summed E-state index contributed by atoms with van der Waals surface area (Å²) in [6.45, 7) is 0.620. The number of β-amino-alcohol motifs (C(OH)–C–C–N with tert-alkyl or cyclic N) is 1. The lowest BCUT2D eigenvalue weighted by molar-refractivity contribution is 0.108. The summed E-state index contributed by atoms with van der Waals surface area (Å²) >= 11 is 0. The molecule has 0 spiro atoms. The highest BCUT2D eigenvalue weighted by molar-refractivity contribution is 7.89. The highest BCUT2D eigenvalue weighted by Crippen LogP contribution is 2.18. The second kappa shape index (κ2) is 4.48. The van der Waals surface area contributed by atoms with E-state index in [1.54, 1.807) is 12.1 Å². The molecule has 0 radical (unpaired) electrons. The maximum atomic E-state index is 12.1. The molecule has 6 heteroatoms. The van der Waals surface area contributed by atoms with Crippen LogP contribution in [-0.2, 0) is 10.0 Å². The summed E-state index contributed by atoms with van der Waals surface area (Å²) in [5, 5.41) is 9.51. The van der Waals surface area contributed by atoms with E-state index in [1.807, 2.05) is 0 Å². The van der Waals surface area contributed by atoms with Crippen LogP contribution < -0.4 is 0 Å². The maximum Gasteiger partial charge on any atom is 0.260 e. The van der Waals surface area contributed by atoms with Crippen LogP contribution in [-0.4, -0.2) is 42.0 Å². The van der Waals surface area contributed by atoms with Gasteiger partial charge in [-0.1, -0.05) is 6.07 Å². The number of hydrogen-bond acceptors (Lipinski definition) is 4. The Morgan fingerprint density at radius 2 is 2.25 bits per heavy atom. The first kappa shape index (κ1) is 11.5. The molecule has 2 rings (SSSR count). The van der Waals surface area contributed by atoms with E-state index in [0.717, 1.165) is 0 Å². The van der Waals surface area contributed by atoms with Crippen molar-refractivity contribution in [2.45, 2.75) is 24.0 Å². The van der Waals surface area contributed by atoms with Crippen molar-refractivity contribution >= 4 is 10.0 Å². The first-order valence-electron chi connectivity index (χ1n) is 5.20. The van der Waals surface area contributed by atoms with Crippen LogP contribution >= 0.6 is 0 Å². The van der Waals surface area contributed by atoms with Gasteiger partial charge in [-0.3, -0.25) is 0 Å². The first-order valence-corrected chi connectivity index (χ1v) is 6.64. The molecule has 0 aliphatic carbocycles. The van der Waals surface area contributed by atoms with Crippen LogP contribution in [0.1, 0.15) is 12.8 Å². The summed E-state index contributed by atoms with van der Waals surface area (Å²) in [6.07, 6.45) is 2.24. The zero-order valence-corrected chi connectivity index (χ0v) is 9.60. The molecule has 16 heavy (non-hydrogen) atoms. The standard InChI is InChI=1S/C10H14N2O3S/c13-9-4-3-7-12(8-9)16(14,15)10-5-1-2-6-11-10/h1-2,5-6,9,13H,3-4,7-8H2/t9-/m0/s1. The summed E-state index contributed by atoms with van der Waals surface area (Å²) in [6, 6.07) is 4.78. The predicted molar refractivity (Wildman–Crippen MR) is 58.2 cm³/mol. The number of aliphatic hydroxyl groups excluding tert-OH is 1. The Morgan fingerprint density at radius 1 is 1.44 bits per heavy atom. The van der Waals surface area contributed by atoms with E-state index in [-0.39, 0.29) is 11.6 Å². The lowest BCUT2D eigenvalue weighted by atomic mass is 10.1. The number of rotatable bonds is 2. The van der Waals surface area contributed by atoms with Crippen LogP contribution in [0, 0.1) is 0 Å². The van der Waals surface area contributed by atoms with Gasteiger partial charge in [0.1, 0.15) is 0 Å². The molecule has 0 unspecified atom stereocenters. The third-order valence-electron chi connectivity index (χ3n) is 2.60. The third kappa shape index (κ3) is 2.23. The highest BCUT2D eigenvalue weighted by Gasteiger charge is 2.29. The molecular weight excluding hydrogens is 228 g/mol. The van der Waals surface area contributed by atoms with E-state index >= 15 is 0 Å². The van der Waals surface area contributed by atoms with Gasteiger partial charge in [-0.2, -0.15) is 4.31 Å². The molecule has 1 aliphatic heterocycles. The Hall–Kier alpha value is -0.980. The molecular formula is C10H14N2O3S. The fourth-order valence-corrected chi connectivity index (χ4v) is 3.22. The van der Waals surface area contributed by atoms with Gasteiger partial charge in [-0.15, -0.1) is 0 Å². The fourth-order valence-electron chi connectivity index (χ4n) is 1.77. The van der Waals surface area contributed by atoms with Gasteiger partial charge >= 0.3 is 0 Å². The predicted octanol–water partition coefficient (Wildman–Crippen LogP) is 0.227. The molecule has 0 saturated carbocycles. The van der Waals surface area contributed by atoms with Crippen LogP contribution in [0.5, 0.6) is 0 Å². The number of hydrogen-bond donors (Lipinski definition) is 1. The summed E-state index contributed by atoms with van der Waals surface area (Å²) in [5.74, 6) is 0. The van der Waals surface area contributed by atoms with Gasteiger partial charge in [0.25, 0.3) is 10.0 Å². The molecule has 0 aromatic carbocycles. The minimum Gasteiger partial charge on any atom is -0.392 e. The van der Waals surface area contributed by atoms with Crippen molar-refractivity contribution in [1.29, 1.82) is 0 Å². The molecule has 88 valence electrons. The molecule has 1 aliphatic rings. The van der Waals surface area contributed by atoms with E-state index < -0.39 is 16.1 Å². The van der Waals surface area contributed by atoms with E-state index in [9.17, 15) is 13.5 Å². The molecule has 1 fully saturated rings. The number of sulfonamides is 1. The summed E-state index contributed by atoms with van der Waals surface area (Å²) < 4.78 is 25.5. The van der Waals surface area contributed by atoms with Crippen LogP contribution in [0.25, 0.3) is 0 Å². The quantitative estimate of drug-likeness (QED) is 0.805. The van der Waals surface area contributed by atoms with Gasteiger partial charge in [-0.05, 0) is 25.0 Å². The molecule has 1 N–H and O–H groups in total. The number of aliphatic hydroxyl groups is 1. The van der Waals surface area contributed by atoms with E-state index in [4.69, 9.17) is 0 Å². The van der Waals surface area contributed by atoms with E-state index in [2.05, 4.69) is 4.98 Å². The number of pyridine rings is 1. The van der Waals surface area contributed by atoms with Crippen LogP contribution in [0.2, 0.25) is 0 Å². The average molecular weight is 242 g/mol. The van der Waals surface area contributed by atoms with Gasteiger partial charge in [0.2, 0.25) is 0 Å². The van der Waals surface area contributed by atoms with Crippen molar-refractivity contribution in [3.63, 3.8) is 0 Å². The number of aromatic nitrogens is 1. The van der Waals surface area contributed by atoms with Crippen LogP contribution in [0.4, 0.5) is 0 Å².